The van der Waals surface area contributed by atoms with Crippen LogP contribution in [0.1, 0.15) is 10.4 Å². The number of sulfonamides is 1. The van der Waals surface area contributed by atoms with Gasteiger partial charge in [-0.1, -0.05) is 57.3 Å². The molecule has 1 amide bonds. The topological polar surface area (TPSA) is 84.5 Å². The van der Waals surface area contributed by atoms with Gasteiger partial charge in [0, 0.05) is 15.2 Å². The minimum Gasteiger partial charge on any atom is -0.456 e. The number of carbonyl (C=O) groups excluding carboxylic acids is 1. The summed E-state index contributed by atoms with van der Waals surface area (Å²) in [6, 6.07) is 24.1. The van der Waals surface area contributed by atoms with Crippen molar-refractivity contribution in [2.24, 2.45) is 0 Å². The molecule has 0 atom stereocenters. The Morgan fingerprint density at radius 1 is 0.857 bits per heavy atom. The maximum Gasteiger partial charge on any atom is 0.261 e. The minimum atomic E-state index is -4.02. The molecule has 4 rings (SSSR count). The summed E-state index contributed by atoms with van der Waals surface area (Å²) in [5.74, 6) is 0.342. The van der Waals surface area contributed by atoms with Gasteiger partial charge in [0.05, 0.1) is 21.2 Å². The fraction of sp³-hybridized carbons (Fsp3) is 0. The maximum atomic E-state index is 13.0. The second-order valence-corrected chi connectivity index (χ2v) is 10.7. The first-order valence-corrected chi connectivity index (χ1v) is 13.2. The molecular formula is C25H17BrCl2N2O4S. The molecule has 0 bridgehead atoms. The number of rotatable bonds is 7. The predicted octanol–water partition coefficient (Wildman–Crippen LogP) is 7.60. The van der Waals surface area contributed by atoms with Gasteiger partial charge in [-0.05, 0) is 72.8 Å². The molecule has 0 aromatic heterocycles. The van der Waals surface area contributed by atoms with E-state index in [1.807, 2.05) is 6.07 Å². The molecule has 6 nitrogen and oxygen atoms in total. The number of hydrogen-bond donors (Lipinski definition) is 2. The van der Waals surface area contributed by atoms with Crippen molar-refractivity contribution in [2.75, 3.05) is 10.0 Å². The third kappa shape index (κ3) is 6.35. The number of halogens is 3. The maximum absolute atomic E-state index is 13.0. The first kappa shape index (κ1) is 25.1. The number of nitrogens with one attached hydrogen (secondary N) is 2. The van der Waals surface area contributed by atoms with Gasteiger partial charge in [-0.25, -0.2) is 8.42 Å². The first-order valence-electron chi connectivity index (χ1n) is 10.1. The van der Waals surface area contributed by atoms with Crippen molar-refractivity contribution in [1.82, 2.24) is 0 Å². The molecule has 178 valence electrons. The quantitative estimate of drug-likeness (QED) is 0.232. The van der Waals surface area contributed by atoms with E-state index in [2.05, 4.69) is 26.0 Å². The van der Waals surface area contributed by atoms with Crippen LogP contribution in [-0.2, 0) is 10.0 Å². The van der Waals surface area contributed by atoms with Crippen molar-refractivity contribution in [3.05, 3.63) is 111 Å². The Bertz CT molecular complexity index is 1500. The van der Waals surface area contributed by atoms with Gasteiger partial charge in [-0.15, -0.1) is 0 Å². The second kappa shape index (κ2) is 10.7. The highest BCUT2D eigenvalue weighted by Crippen LogP contribution is 2.30. The lowest BCUT2D eigenvalue weighted by atomic mass is 10.1. The lowest BCUT2D eigenvalue weighted by Crippen LogP contribution is -2.18. The van der Waals surface area contributed by atoms with Crippen LogP contribution in [0.2, 0.25) is 10.0 Å². The predicted molar refractivity (Wildman–Crippen MR) is 142 cm³/mol. The smallest absolute Gasteiger partial charge is 0.261 e. The van der Waals surface area contributed by atoms with Crippen LogP contribution in [-0.4, -0.2) is 14.3 Å². The van der Waals surface area contributed by atoms with Crippen molar-refractivity contribution < 1.29 is 17.9 Å². The summed E-state index contributed by atoms with van der Waals surface area (Å²) in [6.45, 7) is 0. The van der Waals surface area contributed by atoms with Crippen molar-refractivity contribution in [3.63, 3.8) is 0 Å². The summed E-state index contributed by atoms with van der Waals surface area (Å²) in [5, 5.41) is 3.46. The Kier molecular flexibility index (Phi) is 7.66. The number of carbonyl (C=O) groups is 1. The third-order valence-corrected chi connectivity index (χ3v) is 7.17. The zero-order valence-corrected chi connectivity index (χ0v) is 21.7. The van der Waals surface area contributed by atoms with Gasteiger partial charge < -0.3 is 10.1 Å². The summed E-state index contributed by atoms with van der Waals surface area (Å²) >= 11 is 15.5. The fourth-order valence-corrected chi connectivity index (χ4v) is 4.93. The van der Waals surface area contributed by atoms with E-state index < -0.39 is 15.9 Å². The Balaban J connectivity index is 1.55. The van der Waals surface area contributed by atoms with Crippen LogP contribution in [0, 0.1) is 0 Å². The summed E-state index contributed by atoms with van der Waals surface area (Å²) in [7, 11) is -4.02. The van der Waals surface area contributed by atoms with E-state index in [1.54, 1.807) is 42.5 Å². The Morgan fingerprint density at radius 2 is 1.60 bits per heavy atom. The molecule has 0 unspecified atom stereocenters. The van der Waals surface area contributed by atoms with E-state index in [1.165, 1.54) is 42.5 Å². The molecule has 0 saturated carbocycles. The van der Waals surface area contributed by atoms with Gasteiger partial charge in [0.15, 0.2) is 0 Å². The van der Waals surface area contributed by atoms with E-state index >= 15 is 0 Å². The van der Waals surface area contributed by atoms with Gasteiger partial charge in [-0.3, -0.25) is 9.52 Å². The van der Waals surface area contributed by atoms with Crippen LogP contribution in [0.25, 0.3) is 0 Å². The molecule has 4 aromatic carbocycles. The lowest BCUT2D eigenvalue weighted by Gasteiger charge is -2.14. The zero-order chi connectivity index (χ0) is 25.0. The van der Waals surface area contributed by atoms with Crippen LogP contribution < -0.4 is 14.8 Å². The van der Waals surface area contributed by atoms with Gasteiger partial charge in [0.1, 0.15) is 11.5 Å². The van der Waals surface area contributed by atoms with Crippen molar-refractivity contribution in [3.8, 4) is 11.5 Å². The number of anilines is 2. The molecule has 35 heavy (non-hydrogen) atoms. The molecule has 0 saturated heterocycles. The molecule has 2 N–H and O–H groups in total. The minimum absolute atomic E-state index is 0.0164. The SMILES string of the molecule is O=C(Nc1cccc(Br)c1)c1cc(Cl)ccc1NS(=O)(=O)c1ccc(Oc2ccccc2Cl)cc1. The molecule has 0 radical (unpaired) electrons. The molecule has 0 aliphatic rings. The number of amides is 1. The van der Waals surface area contributed by atoms with Gasteiger partial charge >= 0.3 is 0 Å². The molecule has 10 heteroatoms. The molecule has 0 aliphatic heterocycles. The zero-order valence-electron chi connectivity index (χ0n) is 17.8. The number of ether oxygens (including phenoxy) is 1. The highest BCUT2D eigenvalue weighted by molar-refractivity contribution is 9.10. The van der Waals surface area contributed by atoms with Crippen LogP contribution >= 0.6 is 39.1 Å². The molecular weight excluding hydrogens is 575 g/mol. The lowest BCUT2D eigenvalue weighted by molar-refractivity contribution is 0.102. The molecule has 0 fully saturated rings. The van der Waals surface area contributed by atoms with Crippen molar-refractivity contribution in [2.45, 2.75) is 4.90 Å². The molecule has 4 aromatic rings. The normalized spacial score (nSPS) is 11.1. The summed E-state index contributed by atoms with van der Waals surface area (Å²) in [5.41, 5.74) is 0.685. The second-order valence-electron chi connectivity index (χ2n) is 7.26. The van der Waals surface area contributed by atoms with Crippen molar-refractivity contribution >= 4 is 66.4 Å². The number of benzene rings is 4. The number of para-hydroxylation sites is 1. The van der Waals surface area contributed by atoms with E-state index in [0.717, 1.165) is 4.47 Å². The fourth-order valence-electron chi connectivity index (χ4n) is 3.10. The van der Waals surface area contributed by atoms with Crippen LogP contribution in [0.5, 0.6) is 11.5 Å². The standard InChI is InChI=1S/C25H17BrCl2N2O4S/c26-16-4-3-5-18(14-16)29-25(31)21-15-17(27)8-13-23(21)30-35(32,33)20-11-9-19(10-12-20)34-24-7-2-1-6-22(24)28/h1-15,30H,(H,29,31). The van der Waals surface area contributed by atoms with Gasteiger partial charge in [0.2, 0.25) is 0 Å². The molecule has 0 heterocycles. The molecule has 0 spiro atoms. The van der Waals surface area contributed by atoms with Crippen LogP contribution in [0.3, 0.4) is 0 Å². The Morgan fingerprint density at radius 3 is 2.31 bits per heavy atom. The first-order chi connectivity index (χ1) is 16.7. The Hall–Kier alpha value is -3.04. The van der Waals surface area contributed by atoms with E-state index in [-0.39, 0.29) is 21.2 Å². The average Bonchev–Trinajstić information content (AvgIpc) is 2.82. The number of hydrogen-bond acceptors (Lipinski definition) is 4. The van der Waals surface area contributed by atoms with Crippen molar-refractivity contribution in [1.29, 1.82) is 0 Å². The van der Waals surface area contributed by atoms with Crippen LogP contribution in [0.4, 0.5) is 11.4 Å². The van der Waals surface area contributed by atoms with Gasteiger partial charge in [-0.2, -0.15) is 0 Å². The van der Waals surface area contributed by atoms with Gasteiger partial charge in [0.25, 0.3) is 15.9 Å². The highest BCUT2D eigenvalue weighted by atomic mass is 79.9. The summed E-state index contributed by atoms with van der Waals surface area (Å²) in [6.07, 6.45) is 0. The van der Waals surface area contributed by atoms with Crippen LogP contribution in [0.15, 0.2) is 100 Å². The van der Waals surface area contributed by atoms with E-state index in [9.17, 15) is 13.2 Å². The van der Waals surface area contributed by atoms with E-state index in [4.69, 9.17) is 27.9 Å². The summed E-state index contributed by atoms with van der Waals surface area (Å²) in [4.78, 5) is 12.9. The largest absolute Gasteiger partial charge is 0.456 e. The average molecular weight is 592 g/mol. The monoisotopic (exact) mass is 590 g/mol. The Labute approximate surface area is 221 Å². The highest BCUT2D eigenvalue weighted by Gasteiger charge is 2.20. The van der Waals surface area contributed by atoms with E-state index in [0.29, 0.717) is 22.2 Å². The summed E-state index contributed by atoms with van der Waals surface area (Å²) < 4.78 is 35.0. The third-order valence-electron chi connectivity index (χ3n) is 4.75. The molecule has 0 aliphatic carbocycles.